The first-order valence-electron chi connectivity index (χ1n) is 7.44. The number of rotatable bonds is 7. The van der Waals surface area contributed by atoms with Crippen molar-refractivity contribution in [3.8, 4) is 0 Å². The van der Waals surface area contributed by atoms with Crippen LogP contribution in [0, 0.1) is 17.8 Å². The highest BCUT2D eigenvalue weighted by atomic mass is 14.9. The Balaban J connectivity index is 2.54. The van der Waals surface area contributed by atoms with Crippen molar-refractivity contribution in [2.75, 3.05) is 6.54 Å². The average Bonchev–Trinajstić information content (AvgIpc) is 2.66. The van der Waals surface area contributed by atoms with E-state index in [1.54, 1.807) is 0 Å². The third-order valence-electron chi connectivity index (χ3n) is 4.38. The van der Waals surface area contributed by atoms with Crippen LogP contribution >= 0.6 is 0 Å². The number of nitrogens with one attached hydrogen (secondary N) is 1. The second-order valence-corrected chi connectivity index (χ2v) is 5.82. The Hall–Kier alpha value is -0.0400. The minimum Gasteiger partial charge on any atom is -0.313 e. The van der Waals surface area contributed by atoms with Gasteiger partial charge in [0.25, 0.3) is 0 Å². The molecule has 0 radical (unpaired) electrons. The molecule has 1 heteroatoms. The van der Waals surface area contributed by atoms with Crippen LogP contribution in [0.3, 0.4) is 0 Å². The van der Waals surface area contributed by atoms with Gasteiger partial charge in [0.15, 0.2) is 0 Å². The van der Waals surface area contributed by atoms with Crippen LogP contribution in [-0.2, 0) is 0 Å². The van der Waals surface area contributed by atoms with Crippen LogP contribution in [0.5, 0.6) is 0 Å². The summed E-state index contributed by atoms with van der Waals surface area (Å²) in [4.78, 5) is 0. The minimum absolute atomic E-state index is 0.775. The minimum atomic E-state index is 0.775. The molecular formula is C15H31N. The van der Waals surface area contributed by atoms with Gasteiger partial charge in [-0.05, 0) is 43.6 Å². The molecule has 0 bridgehead atoms. The van der Waals surface area contributed by atoms with E-state index < -0.39 is 0 Å². The summed E-state index contributed by atoms with van der Waals surface area (Å²) in [5, 5.41) is 3.83. The van der Waals surface area contributed by atoms with Crippen molar-refractivity contribution in [2.45, 2.75) is 72.3 Å². The Morgan fingerprint density at radius 1 is 1.19 bits per heavy atom. The molecule has 0 heterocycles. The molecule has 1 aliphatic carbocycles. The molecule has 1 N–H and O–H groups in total. The Labute approximate surface area is 102 Å². The SMILES string of the molecule is CCCNC(C(C)CCC)C1CCCC1C. The summed E-state index contributed by atoms with van der Waals surface area (Å²) in [6, 6.07) is 0.775. The van der Waals surface area contributed by atoms with Crippen molar-refractivity contribution in [1.29, 1.82) is 0 Å². The van der Waals surface area contributed by atoms with Gasteiger partial charge in [0, 0.05) is 6.04 Å². The van der Waals surface area contributed by atoms with Crippen LogP contribution in [0.25, 0.3) is 0 Å². The van der Waals surface area contributed by atoms with E-state index in [0.29, 0.717) is 0 Å². The molecule has 0 aliphatic heterocycles. The lowest BCUT2D eigenvalue weighted by Gasteiger charge is -2.33. The highest BCUT2D eigenvalue weighted by molar-refractivity contribution is 4.87. The van der Waals surface area contributed by atoms with Gasteiger partial charge in [-0.2, -0.15) is 0 Å². The van der Waals surface area contributed by atoms with E-state index in [9.17, 15) is 0 Å². The maximum absolute atomic E-state index is 3.83. The summed E-state index contributed by atoms with van der Waals surface area (Å²) in [5.74, 6) is 2.73. The first-order chi connectivity index (χ1) is 7.70. The van der Waals surface area contributed by atoms with Gasteiger partial charge in [-0.25, -0.2) is 0 Å². The molecule has 0 saturated heterocycles. The summed E-state index contributed by atoms with van der Waals surface area (Å²) in [6.45, 7) is 10.7. The largest absolute Gasteiger partial charge is 0.313 e. The van der Waals surface area contributed by atoms with E-state index in [2.05, 4.69) is 33.0 Å². The first-order valence-corrected chi connectivity index (χ1v) is 7.44. The molecule has 1 nitrogen and oxygen atoms in total. The predicted molar refractivity (Wildman–Crippen MR) is 72.7 cm³/mol. The second kappa shape index (κ2) is 7.32. The standard InChI is InChI=1S/C15H31N/c1-5-8-13(4)15(16-11-6-2)14-10-7-9-12(14)3/h12-16H,5-11H2,1-4H3. The van der Waals surface area contributed by atoms with Crippen LogP contribution in [0.15, 0.2) is 0 Å². The van der Waals surface area contributed by atoms with Crippen molar-refractivity contribution < 1.29 is 0 Å². The Morgan fingerprint density at radius 2 is 1.94 bits per heavy atom. The van der Waals surface area contributed by atoms with Gasteiger partial charge >= 0.3 is 0 Å². The summed E-state index contributed by atoms with van der Waals surface area (Å²) in [5.41, 5.74) is 0. The van der Waals surface area contributed by atoms with Gasteiger partial charge < -0.3 is 5.32 Å². The van der Waals surface area contributed by atoms with E-state index in [0.717, 1.165) is 23.8 Å². The molecule has 0 amide bonds. The molecule has 1 saturated carbocycles. The maximum Gasteiger partial charge on any atom is 0.0123 e. The van der Waals surface area contributed by atoms with Crippen LogP contribution in [-0.4, -0.2) is 12.6 Å². The molecule has 1 rings (SSSR count). The molecule has 16 heavy (non-hydrogen) atoms. The second-order valence-electron chi connectivity index (χ2n) is 5.82. The Morgan fingerprint density at radius 3 is 2.44 bits per heavy atom. The zero-order valence-corrected chi connectivity index (χ0v) is 11.8. The van der Waals surface area contributed by atoms with E-state index in [1.165, 1.54) is 45.1 Å². The smallest absolute Gasteiger partial charge is 0.0123 e. The Bertz CT molecular complexity index is 178. The van der Waals surface area contributed by atoms with E-state index in [-0.39, 0.29) is 0 Å². The lowest BCUT2D eigenvalue weighted by Crippen LogP contribution is -2.42. The van der Waals surface area contributed by atoms with Crippen LogP contribution in [0.1, 0.15) is 66.2 Å². The first kappa shape index (κ1) is 14.0. The van der Waals surface area contributed by atoms with Crippen LogP contribution in [0.4, 0.5) is 0 Å². The summed E-state index contributed by atoms with van der Waals surface area (Å²) in [6.07, 6.45) is 8.33. The average molecular weight is 225 g/mol. The summed E-state index contributed by atoms with van der Waals surface area (Å²) < 4.78 is 0. The highest BCUT2D eigenvalue weighted by Crippen LogP contribution is 2.36. The normalized spacial score (nSPS) is 29.2. The van der Waals surface area contributed by atoms with Gasteiger partial charge in [-0.3, -0.25) is 0 Å². The molecule has 4 unspecified atom stereocenters. The summed E-state index contributed by atoms with van der Waals surface area (Å²) >= 11 is 0. The summed E-state index contributed by atoms with van der Waals surface area (Å²) in [7, 11) is 0. The monoisotopic (exact) mass is 225 g/mol. The molecule has 1 aliphatic rings. The molecule has 0 aromatic rings. The highest BCUT2D eigenvalue weighted by Gasteiger charge is 2.33. The van der Waals surface area contributed by atoms with Crippen molar-refractivity contribution in [3.05, 3.63) is 0 Å². The Kier molecular flexibility index (Phi) is 6.41. The fourth-order valence-electron chi connectivity index (χ4n) is 3.43. The van der Waals surface area contributed by atoms with Gasteiger partial charge in [0.05, 0.1) is 0 Å². The molecule has 4 atom stereocenters. The molecular weight excluding hydrogens is 194 g/mol. The quantitative estimate of drug-likeness (QED) is 0.684. The molecule has 0 aromatic heterocycles. The third kappa shape index (κ3) is 3.76. The molecule has 0 aromatic carbocycles. The number of hydrogen-bond donors (Lipinski definition) is 1. The van der Waals surface area contributed by atoms with E-state index in [1.807, 2.05) is 0 Å². The van der Waals surface area contributed by atoms with Crippen molar-refractivity contribution in [3.63, 3.8) is 0 Å². The molecule has 1 fully saturated rings. The maximum atomic E-state index is 3.83. The van der Waals surface area contributed by atoms with Gasteiger partial charge in [-0.1, -0.05) is 47.0 Å². The fraction of sp³-hybridized carbons (Fsp3) is 1.00. The lowest BCUT2D eigenvalue weighted by molar-refractivity contribution is 0.223. The third-order valence-corrected chi connectivity index (χ3v) is 4.38. The van der Waals surface area contributed by atoms with Crippen molar-refractivity contribution >= 4 is 0 Å². The fourth-order valence-corrected chi connectivity index (χ4v) is 3.43. The van der Waals surface area contributed by atoms with Crippen LogP contribution in [0.2, 0.25) is 0 Å². The van der Waals surface area contributed by atoms with Crippen LogP contribution < -0.4 is 5.32 Å². The predicted octanol–water partition coefficient (Wildman–Crippen LogP) is 4.23. The molecule has 96 valence electrons. The van der Waals surface area contributed by atoms with E-state index >= 15 is 0 Å². The van der Waals surface area contributed by atoms with E-state index in [4.69, 9.17) is 0 Å². The molecule has 0 spiro atoms. The van der Waals surface area contributed by atoms with Gasteiger partial charge in [0.2, 0.25) is 0 Å². The van der Waals surface area contributed by atoms with Crippen molar-refractivity contribution in [2.24, 2.45) is 17.8 Å². The van der Waals surface area contributed by atoms with Gasteiger partial charge in [0.1, 0.15) is 0 Å². The number of hydrogen-bond acceptors (Lipinski definition) is 1. The lowest BCUT2D eigenvalue weighted by atomic mass is 9.81. The van der Waals surface area contributed by atoms with Crippen molar-refractivity contribution in [1.82, 2.24) is 5.32 Å². The van der Waals surface area contributed by atoms with Gasteiger partial charge in [-0.15, -0.1) is 0 Å². The zero-order valence-electron chi connectivity index (χ0n) is 11.8. The topological polar surface area (TPSA) is 12.0 Å². The zero-order chi connectivity index (χ0) is 12.0.